The van der Waals surface area contributed by atoms with E-state index in [-0.39, 0.29) is 10.8 Å². The second-order valence-corrected chi connectivity index (χ2v) is 11.8. The summed E-state index contributed by atoms with van der Waals surface area (Å²) >= 11 is 5.66. The van der Waals surface area contributed by atoms with Crippen LogP contribution in [0.3, 0.4) is 0 Å². The van der Waals surface area contributed by atoms with Gasteiger partial charge in [-0.1, -0.05) is 6.92 Å². The van der Waals surface area contributed by atoms with Crippen molar-refractivity contribution in [2.75, 3.05) is 29.5 Å². The molecule has 0 spiro atoms. The average molecular weight is 617 g/mol. The lowest BCUT2D eigenvalue weighted by Gasteiger charge is -2.34. The zero-order chi connectivity index (χ0) is 31.7. The van der Waals surface area contributed by atoms with Gasteiger partial charge in [0.25, 0.3) is 5.91 Å². The lowest BCUT2D eigenvalue weighted by Crippen LogP contribution is -2.44. The molecular formula is C31H35F3N4O4S. The van der Waals surface area contributed by atoms with Gasteiger partial charge in [-0.15, -0.1) is 0 Å². The topological polar surface area (TPSA) is 97.1 Å². The predicted molar refractivity (Wildman–Crippen MR) is 160 cm³/mol. The quantitative estimate of drug-likeness (QED) is 0.342. The van der Waals surface area contributed by atoms with E-state index >= 15 is 0 Å². The Morgan fingerprint density at radius 2 is 1.84 bits per heavy atom. The number of anilines is 2. The van der Waals surface area contributed by atoms with Crippen LogP contribution in [0.1, 0.15) is 63.6 Å². The van der Waals surface area contributed by atoms with Crippen LogP contribution in [0.2, 0.25) is 0 Å². The number of aryl methyl sites for hydroxylation is 1. The first-order chi connectivity index (χ1) is 20.2. The molecule has 1 N–H and O–H groups in total. The van der Waals surface area contributed by atoms with Crippen LogP contribution in [-0.4, -0.2) is 58.3 Å². The first-order valence-corrected chi connectivity index (χ1v) is 14.6. The Morgan fingerprint density at radius 1 is 1.19 bits per heavy atom. The molecule has 1 atom stereocenters. The molecule has 2 aromatic rings. The maximum Gasteiger partial charge on any atom is 0.417 e. The number of alkyl halides is 3. The molecule has 2 aliphatic rings. The summed E-state index contributed by atoms with van der Waals surface area (Å²) in [6.07, 6.45) is -1.47. The fourth-order valence-corrected chi connectivity index (χ4v) is 6.22. The van der Waals surface area contributed by atoms with Gasteiger partial charge in [-0.2, -0.15) is 18.4 Å². The molecule has 2 aliphatic heterocycles. The first-order valence-electron chi connectivity index (χ1n) is 14.2. The third kappa shape index (κ3) is 6.48. The summed E-state index contributed by atoms with van der Waals surface area (Å²) in [6.45, 7) is 9.00. The molecule has 0 radical (unpaired) electrons. The standard InChI is InChI=1S/C31H35F3N4O4S/c1-5-21-16-24(8-9-26(21)42-15-12-20-10-13-36(14-11-20)19(2)27(39)40)38-29(43)37(28(41)30(38,3)4)23-7-6-22(18-35)25(17-23)31(32,33)34/h6-9,16-17,19-20H,5,10-15H2,1-4H3,(H,39,40)/t19-/m1/s1. The molecule has 43 heavy (non-hydrogen) atoms. The summed E-state index contributed by atoms with van der Waals surface area (Å²) in [5.41, 5.74) is -1.41. The number of halogens is 3. The van der Waals surface area contributed by atoms with Crippen molar-refractivity contribution in [3.63, 3.8) is 0 Å². The van der Waals surface area contributed by atoms with Gasteiger partial charge in [0.1, 0.15) is 17.3 Å². The van der Waals surface area contributed by atoms with Gasteiger partial charge in [0.05, 0.1) is 29.5 Å². The van der Waals surface area contributed by atoms with Gasteiger partial charge in [0, 0.05) is 5.69 Å². The van der Waals surface area contributed by atoms with Crippen LogP contribution in [0.5, 0.6) is 5.75 Å². The lowest BCUT2D eigenvalue weighted by molar-refractivity contribution is -0.143. The Balaban J connectivity index is 1.49. The number of aliphatic carboxylic acids is 1. The number of carbonyl (C=O) groups excluding carboxylic acids is 1. The first kappa shape index (κ1) is 32.2. The third-order valence-corrected chi connectivity index (χ3v) is 8.74. The number of nitrogens with zero attached hydrogens (tertiary/aromatic N) is 4. The van der Waals surface area contributed by atoms with E-state index in [9.17, 15) is 27.9 Å². The second-order valence-electron chi connectivity index (χ2n) is 11.4. The molecule has 0 aliphatic carbocycles. The zero-order valence-corrected chi connectivity index (χ0v) is 25.4. The van der Waals surface area contributed by atoms with Crippen molar-refractivity contribution >= 4 is 40.6 Å². The van der Waals surface area contributed by atoms with E-state index in [1.54, 1.807) is 37.8 Å². The van der Waals surface area contributed by atoms with Gasteiger partial charge < -0.3 is 14.7 Å². The van der Waals surface area contributed by atoms with Crippen molar-refractivity contribution in [1.82, 2.24) is 4.90 Å². The number of rotatable bonds is 9. The van der Waals surface area contributed by atoms with Gasteiger partial charge in [-0.25, -0.2) is 0 Å². The van der Waals surface area contributed by atoms with Crippen LogP contribution in [0, 0.1) is 17.2 Å². The van der Waals surface area contributed by atoms with E-state index in [0.29, 0.717) is 30.4 Å². The normalized spacial score (nSPS) is 18.6. The number of benzene rings is 2. The van der Waals surface area contributed by atoms with Crippen LogP contribution in [0.15, 0.2) is 36.4 Å². The highest BCUT2D eigenvalue weighted by Gasteiger charge is 2.50. The summed E-state index contributed by atoms with van der Waals surface area (Å²) in [6, 6.07) is 9.68. The lowest BCUT2D eigenvalue weighted by atomic mass is 9.93. The summed E-state index contributed by atoms with van der Waals surface area (Å²) in [5.74, 6) is -0.146. The summed E-state index contributed by atoms with van der Waals surface area (Å²) in [7, 11) is 0. The van der Waals surface area contributed by atoms with E-state index in [2.05, 4.69) is 0 Å². The number of amides is 1. The van der Waals surface area contributed by atoms with Gasteiger partial charge >= 0.3 is 12.1 Å². The van der Waals surface area contributed by atoms with Crippen LogP contribution in [0.25, 0.3) is 0 Å². The van der Waals surface area contributed by atoms with E-state index in [0.717, 1.165) is 54.9 Å². The SMILES string of the molecule is CCc1cc(N2C(=S)N(c3ccc(C#N)c(C(F)(F)F)c3)C(=O)C2(C)C)ccc1OCCC1CCN([C@H](C)C(=O)O)CC1. The Hall–Kier alpha value is -3.69. The number of thiocarbonyl (C=S) groups is 1. The number of hydrogen-bond acceptors (Lipinski definition) is 6. The fraction of sp³-hybridized carbons (Fsp3) is 0.484. The van der Waals surface area contributed by atoms with Gasteiger partial charge in [0.2, 0.25) is 0 Å². The van der Waals surface area contributed by atoms with Crippen molar-refractivity contribution in [1.29, 1.82) is 5.26 Å². The predicted octanol–water partition coefficient (Wildman–Crippen LogP) is 6.01. The highest BCUT2D eigenvalue weighted by atomic mass is 32.1. The van der Waals surface area contributed by atoms with E-state index < -0.39 is 40.8 Å². The molecular weight excluding hydrogens is 581 g/mol. The molecule has 2 heterocycles. The zero-order valence-electron chi connectivity index (χ0n) is 24.6. The van der Waals surface area contributed by atoms with Gasteiger partial charge in [-0.05, 0) is 120 Å². The minimum Gasteiger partial charge on any atom is -0.493 e. The maximum absolute atomic E-state index is 13.6. The summed E-state index contributed by atoms with van der Waals surface area (Å²) in [5, 5.41) is 18.4. The van der Waals surface area contributed by atoms with Crippen LogP contribution in [-0.2, 0) is 22.2 Å². The fourth-order valence-electron chi connectivity index (χ4n) is 5.70. The highest BCUT2D eigenvalue weighted by molar-refractivity contribution is 7.81. The van der Waals surface area contributed by atoms with Gasteiger partial charge in [-0.3, -0.25) is 19.4 Å². The second kappa shape index (κ2) is 12.5. The molecule has 0 unspecified atom stereocenters. The molecule has 4 rings (SSSR count). The minimum atomic E-state index is -4.78. The van der Waals surface area contributed by atoms with E-state index in [1.807, 2.05) is 24.0 Å². The molecule has 0 aromatic heterocycles. The Bertz CT molecular complexity index is 1450. The van der Waals surface area contributed by atoms with Crippen molar-refractivity contribution in [2.45, 2.75) is 71.1 Å². The molecule has 2 aromatic carbocycles. The number of hydrogen-bond donors (Lipinski definition) is 1. The molecule has 230 valence electrons. The third-order valence-electron chi connectivity index (χ3n) is 8.38. The Morgan fingerprint density at radius 3 is 2.42 bits per heavy atom. The van der Waals surface area contributed by atoms with Crippen molar-refractivity contribution in [3.05, 3.63) is 53.1 Å². The minimum absolute atomic E-state index is 0.0344. The smallest absolute Gasteiger partial charge is 0.417 e. The van der Waals surface area contributed by atoms with Crippen LogP contribution >= 0.6 is 12.2 Å². The van der Waals surface area contributed by atoms with Crippen molar-refractivity contribution in [3.8, 4) is 11.8 Å². The molecule has 2 saturated heterocycles. The number of piperidine rings is 1. The van der Waals surface area contributed by atoms with E-state index in [4.69, 9.17) is 22.2 Å². The summed E-state index contributed by atoms with van der Waals surface area (Å²) < 4.78 is 47.1. The number of likely N-dealkylation sites (tertiary alicyclic amines) is 1. The van der Waals surface area contributed by atoms with Crippen LogP contribution < -0.4 is 14.5 Å². The monoisotopic (exact) mass is 616 g/mol. The van der Waals surface area contributed by atoms with Crippen LogP contribution in [0.4, 0.5) is 24.5 Å². The largest absolute Gasteiger partial charge is 0.493 e. The van der Waals surface area contributed by atoms with Gasteiger partial charge in [0.15, 0.2) is 5.11 Å². The molecule has 2 fully saturated rings. The molecule has 1 amide bonds. The number of carboxylic acid groups (broad SMARTS) is 1. The van der Waals surface area contributed by atoms with Crippen molar-refractivity contribution in [2.24, 2.45) is 5.92 Å². The summed E-state index contributed by atoms with van der Waals surface area (Å²) in [4.78, 5) is 29.5. The Labute approximate surface area is 254 Å². The number of ether oxygens (including phenoxy) is 1. The average Bonchev–Trinajstić information content (AvgIpc) is 3.14. The maximum atomic E-state index is 13.6. The highest BCUT2D eigenvalue weighted by Crippen LogP contribution is 2.40. The molecule has 8 nitrogen and oxygen atoms in total. The van der Waals surface area contributed by atoms with E-state index in [1.165, 1.54) is 6.07 Å². The number of carboxylic acids is 1. The molecule has 12 heteroatoms. The molecule has 0 saturated carbocycles. The molecule has 0 bridgehead atoms. The number of nitriles is 1. The Kier molecular flexibility index (Phi) is 9.37. The van der Waals surface area contributed by atoms with Crippen molar-refractivity contribution < 1.29 is 32.6 Å². The number of carbonyl (C=O) groups is 2.